The van der Waals surface area contributed by atoms with Crippen LogP contribution in [0.1, 0.15) is 13.8 Å². The normalized spacial score (nSPS) is 21.8. The maximum Gasteiger partial charge on any atom is 0.0666 e. The largest absolute Gasteiger partial charge is 0.394 e. The second kappa shape index (κ2) is 3.52. The van der Waals surface area contributed by atoms with Gasteiger partial charge in [0.1, 0.15) is 0 Å². The summed E-state index contributed by atoms with van der Waals surface area (Å²) in [4.78, 5) is 0. The van der Waals surface area contributed by atoms with Crippen molar-refractivity contribution in [2.45, 2.75) is 19.4 Å². The first-order chi connectivity index (χ1) is 5.18. The van der Waals surface area contributed by atoms with Crippen LogP contribution in [-0.4, -0.2) is 36.9 Å². The van der Waals surface area contributed by atoms with E-state index in [0.29, 0.717) is 5.92 Å². The van der Waals surface area contributed by atoms with Gasteiger partial charge in [0, 0.05) is 13.1 Å². The summed E-state index contributed by atoms with van der Waals surface area (Å²) in [6.45, 7) is 7.37. The molecular formula is C8H18N2O. The minimum absolute atomic E-state index is 0.00965. The van der Waals surface area contributed by atoms with E-state index in [4.69, 9.17) is 5.11 Å². The quantitative estimate of drug-likeness (QED) is 0.520. The first kappa shape index (κ1) is 8.97. The highest BCUT2D eigenvalue weighted by atomic mass is 16.3. The van der Waals surface area contributed by atoms with E-state index in [1.54, 1.807) is 0 Å². The maximum atomic E-state index is 9.05. The summed E-state index contributed by atoms with van der Waals surface area (Å²) in [7, 11) is 0. The summed E-state index contributed by atoms with van der Waals surface area (Å²) < 4.78 is 0. The van der Waals surface area contributed by atoms with Crippen LogP contribution in [0.3, 0.4) is 0 Å². The average Bonchev–Trinajstić information content (AvgIpc) is 1.86. The molecule has 3 nitrogen and oxygen atoms in total. The van der Waals surface area contributed by atoms with Gasteiger partial charge in [-0.25, -0.2) is 0 Å². The summed E-state index contributed by atoms with van der Waals surface area (Å²) in [5.41, 5.74) is -0.00965. The van der Waals surface area contributed by atoms with Gasteiger partial charge in [0.05, 0.1) is 12.1 Å². The van der Waals surface area contributed by atoms with Crippen molar-refractivity contribution in [1.82, 2.24) is 10.6 Å². The summed E-state index contributed by atoms with van der Waals surface area (Å²) >= 11 is 0. The second-order valence-electron chi connectivity index (χ2n) is 3.82. The van der Waals surface area contributed by atoms with Gasteiger partial charge in [-0.1, -0.05) is 13.8 Å². The predicted molar refractivity (Wildman–Crippen MR) is 45.5 cm³/mol. The molecule has 11 heavy (non-hydrogen) atoms. The van der Waals surface area contributed by atoms with Crippen molar-refractivity contribution < 1.29 is 5.11 Å². The van der Waals surface area contributed by atoms with Crippen LogP contribution in [0.4, 0.5) is 0 Å². The number of aliphatic hydroxyl groups excluding tert-OH is 1. The Labute approximate surface area is 68.2 Å². The molecule has 0 aromatic heterocycles. The summed E-state index contributed by atoms with van der Waals surface area (Å²) in [5, 5.41) is 15.6. The van der Waals surface area contributed by atoms with E-state index in [9.17, 15) is 0 Å². The number of rotatable bonds is 4. The molecule has 0 bridgehead atoms. The van der Waals surface area contributed by atoms with Crippen molar-refractivity contribution in [2.75, 3.05) is 26.2 Å². The minimum atomic E-state index is -0.00965. The van der Waals surface area contributed by atoms with Crippen molar-refractivity contribution >= 4 is 0 Å². The van der Waals surface area contributed by atoms with Crippen LogP contribution >= 0.6 is 0 Å². The van der Waals surface area contributed by atoms with Crippen LogP contribution in [0.15, 0.2) is 0 Å². The van der Waals surface area contributed by atoms with Crippen molar-refractivity contribution in [3.63, 3.8) is 0 Å². The number of hydrogen-bond acceptors (Lipinski definition) is 3. The van der Waals surface area contributed by atoms with E-state index in [-0.39, 0.29) is 12.1 Å². The summed E-state index contributed by atoms with van der Waals surface area (Å²) in [6.07, 6.45) is 0. The van der Waals surface area contributed by atoms with Gasteiger partial charge in [-0.15, -0.1) is 0 Å². The molecule has 1 saturated heterocycles. The highest BCUT2D eigenvalue weighted by Gasteiger charge is 2.35. The molecule has 1 aliphatic heterocycles. The zero-order valence-corrected chi connectivity index (χ0v) is 7.35. The molecule has 1 rings (SSSR count). The van der Waals surface area contributed by atoms with Crippen LogP contribution in [0, 0.1) is 5.92 Å². The van der Waals surface area contributed by atoms with Crippen LogP contribution in [0.2, 0.25) is 0 Å². The third-order valence-electron chi connectivity index (χ3n) is 2.11. The standard InChI is InChI=1S/C8H18N2O/c1-7(2)3-10-8(6-11)4-9-5-8/h7,9-11H,3-6H2,1-2H3. The van der Waals surface area contributed by atoms with Crippen LogP contribution in [0.5, 0.6) is 0 Å². The van der Waals surface area contributed by atoms with E-state index in [1.807, 2.05) is 0 Å². The molecule has 1 heterocycles. The van der Waals surface area contributed by atoms with Gasteiger partial charge in [0.25, 0.3) is 0 Å². The van der Waals surface area contributed by atoms with Crippen molar-refractivity contribution in [3.8, 4) is 0 Å². The lowest BCUT2D eigenvalue weighted by Crippen LogP contribution is -2.70. The molecular weight excluding hydrogens is 140 g/mol. The Morgan fingerprint density at radius 1 is 1.55 bits per heavy atom. The molecule has 0 aromatic rings. The van der Waals surface area contributed by atoms with Crippen LogP contribution in [0.25, 0.3) is 0 Å². The van der Waals surface area contributed by atoms with E-state index >= 15 is 0 Å². The van der Waals surface area contributed by atoms with Gasteiger partial charge in [-0.3, -0.25) is 0 Å². The lowest BCUT2D eigenvalue weighted by atomic mass is 9.93. The lowest BCUT2D eigenvalue weighted by molar-refractivity contribution is 0.106. The second-order valence-corrected chi connectivity index (χ2v) is 3.82. The molecule has 0 radical (unpaired) electrons. The van der Waals surface area contributed by atoms with Crippen LogP contribution in [-0.2, 0) is 0 Å². The Kier molecular flexibility index (Phi) is 2.87. The number of nitrogens with one attached hydrogen (secondary N) is 2. The smallest absolute Gasteiger partial charge is 0.0666 e. The van der Waals surface area contributed by atoms with E-state index in [0.717, 1.165) is 19.6 Å². The monoisotopic (exact) mass is 158 g/mol. The molecule has 0 spiro atoms. The molecule has 0 saturated carbocycles. The zero-order chi connectivity index (χ0) is 8.32. The molecule has 0 atom stereocenters. The van der Waals surface area contributed by atoms with Crippen molar-refractivity contribution in [1.29, 1.82) is 0 Å². The predicted octanol–water partition coefficient (Wildman–Crippen LogP) is -0.434. The van der Waals surface area contributed by atoms with E-state index < -0.39 is 0 Å². The molecule has 0 unspecified atom stereocenters. The van der Waals surface area contributed by atoms with Gasteiger partial charge in [0.2, 0.25) is 0 Å². The topological polar surface area (TPSA) is 44.3 Å². The Hall–Kier alpha value is -0.120. The average molecular weight is 158 g/mol. The van der Waals surface area contributed by atoms with E-state index in [1.165, 1.54) is 0 Å². The Balaban J connectivity index is 2.22. The van der Waals surface area contributed by atoms with Gasteiger partial charge in [-0.2, -0.15) is 0 Å². The summed E-state index contributed by atoms with van der Waals surface area (Å²) in [5.74, 6) is 0.652. The van der Waals surface area contributed by atoms with Gasteiger partial charge in [0.15, 0.2) is 0 Å². The molecule has 0 aliphatic carbocycles. The molecule has 1 fully saturated rings. The van der Waals surface area contributed by atoms with Gasteiger partial charge in [-0.05, 0) is 12.5 Å². The minimum Gasteiger partial charge on any atom is -0.394 e. The van der Waals surface area contributed by atoms with Gasteiger partial charge < -0.3 is 15.7 Å². The summed E-state index contributed by atoms with van der Waals surface area (Å²) in [6, 6.07) is 0. The highest BCUT2D eigenvalue weighted by molar-refractivity contribution is 4.99. The third-order valence-corrected chi connectivity index (χ3v) is 2.11. The fourth-order valence-electron chi connectivity index (χ4n) is 1.14. The molecule has 0 amide bonds. The first-order valence-electron chi connectivity index (χ1n) is 4.25. The molecule has 3 heteroatoms. The zero-order valence-electron chi connectivity index (χ0n) is 7.35. The number of aliphatic hydroxyl groups is 1. The molecule has 1 aliphatic rings. The first-order valence-corrected chi connectivity index (χ1v) is 4.25. The third kappa shape index (κ3) is 2.15. The fraction of sp³-hybridized carbons (Fsp3) is 1.00. The van der Waals surface area contributed by atoms with Crippen LogP contribution < -0.4 is 10.6 Å². The fourth-order valence-corrected chi connectivity index (χ4v) is 1.14. The maximum absolute atomic E-state index is 9.05. The van der Waals surface area contributed by atoms with Gasteiger partial charge >= 0.3 is 0 Å². The highest BCUT2D eigenvalue weighted by Crippen LogP contribution is 2.09. The molecule has 3 N–H and O–H groups in total. The Bertz CT molecular complexity index is 116. The molecule has 66 valence electrons. The van der Waals surface area contributed by atoms with Crippen molar-refractivity contribution in [3.05, 3.63) is 0 Å². The van der Waals surface area contributed by atoms with E-state index in [2.05, 4.69) is 24.5 Å². The number of hydrogen-bond donors (Lipinski definition) is 3. The van der Waals surface area contributed by atoms with Crippen molar-refractivity contribution in [2.24, 2.45) is 5.92 Å². The SMILES string of the molecule is CC(C)CNC1(CO)CNC1. The Morgan fingerprint density at radius 3 is 2.45 bits per heavy atom. The Morgan fingerprint density at radius 2 is 2.18 bits per heavy atom. The lowest BCUT2D eigenvalue weighted by Gasteiger charge is -2.42. The molecule has 0 aromatic carbocycles.